The molecule has 2 heterocycles. The van der Waals surface area contributed by atoms with Gasteiger partial charge < -0.3 is 30.1 Å². The Kier molecular flexibility index (Phi) is 10.5. The first-order valence-corrected chi connectivity index (χ1v) is 10.5. The summed E-state index contributed by atoms with van der Waals surface area (Å²) in [6.45, 7) is 6.31. The molecule has 0 aliphatic heterocycles. The zero-order valence-electron chi connectivity index (χ0n) is 18.1. The zero-order valence-corrected chi connectivity index (χ0v) is 18.9. The average molecular weight is 472 g/mol. The van der Waals surface area contributed by atoms with Crippen LogP contribution in [0.5, 0.6) is 0 Å². The second-order valence-electron chi connectivity index (χ2n) is 7.52. The molecule has 178 valence electrons. The van der Waals surface area contributed by atoms with Gasteiger partial charge in [0.15, 0.2) is 5.60 Å². The predicted octanol–water partition coefficient (Wildman–Crippen LogP) is 0.925. The third kappa shape index (κ3) is 9.14. The van der Waals surface area contributed by atoms with Crippen molar-refractivity contribution >= 4 is 29.2 Å². The molecule has 12 heteroatoms. The number of aliphatic hydroxyl groups excluding tert-OH is 1. The summed E-state index contributed by atoms with van der Waals surface area (Å²) in [4.78, 5) is 38.3. The molecule has 0 saturated carbocycles. The minimum Gasteiger partial charge on any atom is -0.481 e. The maximum atomic E-state index is 10.3. The molecule has 2 aromatic rings. The van der Waals surface area contributed by atoms with E-state index in [4.69, 9.17) is 20.4 Å². The van der Waals surface area contributed by atoms with Crippen LogP contribution in [0.4, 0.5) is 0 Å². The number of thiophene rings is 1. The molecule has 0 aliphatic carbocycles. The molecule has 0 aromatic carbocycles. The molecule has 0 aliphatic rings. The van der Waals surface area contributed by atoms with Gasteiger partial charge in [-0.15, -0.1) is 11.3 Å². The first kappa shape index (κ1) is 27.2. The Morgan fingerprint density at radius 3 is 2.16 bits per heavy atom. The van der Waals surface area contributed by atoms with Crippen LogP contribution in [0.1, 0.15) is 35.9 Å². The first-order chi connectivity index (χ1) is 14.8. The highest BCUT2D eigenvalue weighted by atomic mass is 32.1. The van der Waals surface area contributed by atoms with Crippen molar-refractivity contribution in [3.8, 4) is 0 Å². The third-order valence-corrected chi connectivity index (χ3v) is 5.45. The highest BCUT2D eigenvalue weighted by Gasteiger charge is 2.40. The molecule has 0 amide bonds. The van der Waals surface area contributed by atoms with Crippen LogP contribution in [-0.4, -0.2) is 76.1 Å². The Bertz CT molecular complexity index is 850. The van der Waals surface area contributed by atoms with Gasteiger partial charge in [-0.1, -0.05) is 0 Å². The topological polar surface area (TPSA) is 173 Å². The fraction of sp³-hybridized carbons (Fsp3) is 0.500. The van der Waals surface area contributed by atoms with Gasteiger partial charge >= 0.3 is 17.9 Å². The molecule has 0 radical (unpaired) electrons. The summed E-state index contributed by atoms with van der Waals surface area (Å²) in [5.74, 6) is -5.02. The largest absolute Gasteiger partial charge is 0.481 e. The number of hydrogen-bond donors (Lipinski definition) is 5. The molecule has 0 fully saturated rings. The number of nitrogens with zero attached hydrogens (tertiary/aromatic N) is 3. The lowest BCUT2D eigenvalue weighted by Crippen LogP contribution is -2.42. The van der Waals surface area contributed by atoms with Crippen LogP contribution < -0.4 is 0 Å². The number of aromatic nitrogens is 2. The number of aryl methyl sites for hydroxylation is 2. The lowest BCUT2D eigenvalue weighted by atomic mass is 9.96. The average Bonchev–Trinajstić information content (AvgIpc) is 3.22. The normalized spacial score (nSPS) is 12.2. The van der Waals surface area contributed by atoms with Gasteiger partial charge in [-0.2, -0.15) is 0 Å². The highest BCUT2D eigenvalue weighted by Crippen LogP contribution is 2.19. The van der Waals surface area contributed by atoms with Crippen LogP contribution in [-0.2, 0) is 34.5 Å². The molecule has 0 spiro atoms. The lowest BCUT2D eigenvalue weighted by Gasteiger charge is -2.23. The summed E-state index contributed by atoms with van der Waals surface area (Å²) in [5, 5.41) is 45.6. The van der Waals surface area contributed by atoms with E-state index >= 15 is 0 Å². The van der Waals surface area contributed by atoms with Gasteiger partial charge in [0, 0.05) is 37.8 Å². The zero-order chi connectivity index (χ0) is 24.5. The van der Waals surface area contributed by atoms with Crippen LogP contribution in [0.3, 0.4) is 0 Å². The molecule has 0 bridgehead atoms. The van der Waals surface area contributed by atoms with Crippen LogP contribution in [0, 0.1) is 6.92 Å². The number of carboxylic acids is 3. The van der Waals surface area contributed by atoms with E-state index in [1.165, 1.54) is 10.4 Å². The molecule has 5 N–H and O–H groups in total. The number of aliphatic carboxylic acids is 3. The number of hydrogen-bond acceptors (Lipinski definition) is 8. The molecular formula is C20H29N3O8S. The van der Waals surface area contributed by atoms with Crippen LogP contribution in [0.25, 0.3) is 0 Å². The Labute approximate surface area is 189 Å². The molecule has 2 rings (SSSR count). The van der Waals surface area contributed by atoms with Crippen molar-refractivity contribution in [2.75, 3.05) is 6.54 Å². The molecule has 2 aromatic heterocycles. The van der Waals surface area contributed by atoms with Crippen molar-refractivity contribution in [3.63, 3.8) is 0 Å². The van der Waals surface area contributed by atoms with Gasteiger partial charge in [0.2, 0.25) is 0 Å². The Morgan fingerprint density at radius 1 is 1.19 bits per heavy atom. The van der Waals surface area contributed by atoms with Crippen molar-refractivity contribution in [2.24, 2.45) is 7.05 Å². The third-order valence-electron chi connectivity index (χ3n) is 4.45. The summed E-state index contributed by atoms with van der Waals surface area (Å²) in [6.07, 6.45) is 1.08. The Balaban J connectivity index is 0.000000347. The van der Waals surface area contributed by atoms with Crippen molar-refractivity contribution < 1.29 is 39.9 Å². The fourth-order valence-corrected chi connectivity index (χ4v) is 3.76. The van der Waals surface area contributed by atoms with Crippen LogP contribution in [0.15, 0.2) is 24.0 Å². The first-order valence-electron chi connectivity index (χ1n) is 9.62. The van der Waals surface area contributed by atoms with E-state index in [9.17, 15) is 19.5 Å². The predicted molar refractivity (Wildman–Crippen MR) is 115 cm³/mol. The van der Waals surface area contributed by atoms with Gasteiger partial charge in [-0.3, -0.25) is 14.5 Å². The van der Waals surface area contributed by atoms with E-state index in [1.807, 2.05) is 31.1 Å². The van der Waals surface area contributed by atoms with Crippen molar-refractivity contribution in [2.45, 2.75) is 51.5 Å². The second kappa shape index (κ2) is 12.3. The lowest BCUT2D eigenvalue weighted by molar-refractivity contribution is -0.170. The van der Waals surface area contributed by atoms with Gasteiger partial charge in [0.25, 0.3) is 0 Å². The second-order valence-corrected chi connectivity index (χ2v) is 8.52. The van der Waals surface area contributed by atoms with Crippen molar-refractivity contribution in [1.82, 2.24) is 14.5 Å². The maximum Gasteiger partial charge on any atom is 0.336 e. The van der Waals surface area contributed by atoms with Crippen LogP contribution in [0.2, 0.25) is 0 Å². The van der Waals surface area contributed by atoms with Gasteiger partial charge in [-0.05, 0) is 30.9 Å². The van der Waals surface area contributed by atoms with E-state index in [1.54, 1.807) is 11.3 Å². The number of carboxylic acid groups (broad SMARTS) is 3. The Morgan fingerprint density at radius 2 is 1.78 bits per heavy atom. The molecule has 11 nitrogen and oxygen atoms in total. The van der Waals surface area contributed by atoms with Crippen molar-refractivity contribution in [1.29, 1.82) is 0 Å². The van der Waals surface area contributed by atoms with Gasteiger partial charge in [-0.25, -0.2) is 9.78 Å². The molecule has 1 unspecified atom stereocenters. The minimum absolute atomic E-state index is 0.325. The van der Waals surface area contributed by atoms with Crippen molar-refractivity contribution in [3.05, 3.63) is 40.1 Å². The molecule has 0 saturated heterocycles. The van der Waals surface area contributed by atoms with E-state index in [0.29, 0.717) is 6.54 Å². The fourth-order valence-electron chi connectivity index (χ4n) is 2.81. The summed E-state index contributed by atoms with van der Waals surface area (Å²) < 4.78 is 2.02. The van der Waals surface area contributed by atoms with Gasteiger partial charge in [0.1, 0.15) is 0 Å². The van der Waals surface area contributed by atoms with Crippen LogP contribution >= 0.6 is 11.3 Å². The summed E-state index contributed by atoms with van der Waals surface area (Å²) in [6, 6.07) is 2.14. The standard InChI is InChI=1S/C14H21N3OS.C6H8O7/c1-11-4-5-19-14(11)9-17(7-12(2)18)8-13-6-15-10-16(13)3;7-3(8)1-6(13,5(11)12)2-4(9)10/h4-6,10,12,18H,7-9H2,1-3H3;13H,1-2H2,(H,7,8)(H,9,10)(H,11,12). The summed E-state index contributed by atoms with van der Waals surface area (Å²) in [7, 11) is 2.00. The SMILES string of the molecule is Cc1ccsc1CN(Cc1cncn1C)CC(C)O.O=C(O)CC(O)(CC(=O)O)C(=O)O. The highest BCUT2D eigenvalue weighted by molar-refractivity contribution is 7.10. The van der Waals surface area contributed by atoms with E-state index < -0.39 is 36.4 Å². The van der Waals surface area contributed by atoms with Gasteiger partial charge in [0.05, 0.1) is 31.0 Å². The maximum absolute atomic E-state index is 10.3. The molecule has 32 heavy (non-hydrogen) atoms. The van der Waals surface area contributed by atoms with E-state index in [0.717, 1.165) is 18.8 Å². The van der Waals surface area contributed by atoms with E-state index in [-0.39, 0.29) is 6.10 Å². The number of aliphatic hydroxyl groups is 2. The number of rotatable bonds is 11. The number of carbonyl (C=O) groups is 3. The summed E-state index contributed by atoms with van der Waals surface area (Å²) in [5.41, 5.74) is -0.252. The monoisotopic (exact) mass is 471 g/mol. The minimum atomic E-state index is -2.74. The quantitative estimate of drug-likeness (QED) is 0.317. The smallest absolute Gasteiger partial charge is 0.336 e. The number of imidazole rings is 1. The summed E-state index contributed by atoms with van der Waals surface area (Å²) >= 11 is 1.78. The Hall–Kier alpha value is -2.80. The molecular weight excluding hydrogens is 442 g/mol. The molecule has 1 atom stereocenters. The van der Waals surface area contributed by atoms with E-state index in [2.05, 4.69) is 28.3 Å².